The van der Waals surface area contributed by atoms with Crippen molar-refractivity contribution in [1.82, 2.24) is 20.0 Å². The Morgan fingerprint density at radius 3 is 2.40 bits per heavy atom. The van der Waals surface area contributed by atoms with Crippen LogP contribution in [0.4, 0.5) is 23.2 Å². The van der Waals surface area contributed by atoms with E-state index in [-0.39, 0.29) is 17.2 Å². The molecule has 2 aliphatic rings. The number of likely N-dealkylation sites (N-methyl/N-ethyl adjacent to an activating group) is 1. The van der Waals surface area contributed by atoms with Crippen LogP contribution >= 0.6 is 0 Å². The lowest BCUT2D eigenvalue weighted by molar-refractivity contribution is -0.159. The van der Waals surface area contributed by atoms with Crippen molar-refractivity contribution in [2.75, 3.05) is 18.9 Å². The van der Waals surface area contributed by atoms with Gasteiger partial charge >= 0.3 is 6.18 Å². The lowest BCUT2D eigenvalue weighted by atomic mass is 9.76. The number of hydrogen-bond donors (Lipinski definition) is 2. The maximum Gasteiger partial charge on any atom is 0.406 e. The first-order valence-corrected chi connectivity index (χ1v) is 13.6. The molecule has 8 nitrogen and oxygen atoms in total. The van der Waals surface area contributed by atoms with Crippen LogP contribution in [0, 0.1) is 17.2 Å². The SMILES string of the molecule is CCn1nccc1C(=O)N[C@H](C(=O)Nc1ccc([C@H](C)C(=O)N(C)CC(F)(F)F)cc1F)C1CCC2(CC1)CC2. The second-order valence-electron chi connectivity index (χ2n) is 11.1. The van der Waals surface area contributed by atoms with E-state index >= 15 is 4.39 Å². The summed E-state index contributed by atoms with van der Waals surface area (Å²) in [5, 5.41) is 9.54. The zero-order valence-electron chi connectivity index (χ0n) is 22.9. The number of aromatic nitrogens is 2. The molecule has 2 aliphatic carbocycles. The van der Waals surface area contributed by atoms with Gasteiger partial charge in [-0.2, -0.15) is 18.3 Å². The van der Waals surface area contributed by atoms with Crippen molar-refractivity contribution < 1.29 is 31.9 Å². The summed E-state index contributed by atoms with van der Waals surface area (Å²) in [6, 6.07) is 4.37. The number of benzene rings is 1. The number of nitrogens with one attached hydrogen (secondary N) is 2. The number of carbonyl (C=O) groups is 3. The van der Waals surface area contributed by atoms with Gasteiger partial charge in [0.1, 0.15) is 24.1 Å². The maximum absolute atomic E-state index is 15.1. The summed E-state index contributed by atoms with van der Waals surface area (Å²) in [7, 11) is 1.04. The summed E-state index contributed by atoms with van der Waals surface area (Å²) in [6.45, 7) is 2.30. The van der Waals surface area contributed by atoms with Crippen molar-refractivity contribution in [1.29, 1.82) is 0 Å². The molecule has 2 atom stereocenters. The van der Waals surface area contributed by atoms with E-state index in [1.807, 2.05) is 6.92 Å². The molecule has 12 heteroatoms. The molecule has 1 aromatic heterocycles. The molecule has 0 aliphatic heterocycles. The molecule has 3 amide bonds. The maximum atomic E-state index is 15.1. The van der Waals surface area contributed by atoms with Crippen molar-refractivity contribution in [3.8, 4) is 0 Å². The molecule has 1 aromatic carbocycles. The van der Waals surface area contributed by atoms with Crippen molar-refractivity contribution in [3.05, 3.63) is 47.5 Å². The van der Waals surface area contributed by atoms with Gasteiger partial charge in [0.05, 0.1) is 11.6 Å². The fourth-order valence-electron chi connectivity index (χ4n) is 5.59. The topological polar surface area (TPSA) is 96.3 Å². The molecule has 1 spiro atoms. The second-order valence-corrected chi connectivity index (χ2v) is 11.1. The fourth-order valence-corrected chi connectivity index (χ4v) is 5.59. The lowest BCUT2D eigenvalue weighted by Crippen LogP contribution is -2.50. The van der Waals surface area contributed by atoms with Gasteiger partial charge in [-0.05, 0) is 87.5 Å². The number of anilines is 1. The van der Waals surface area contributed by atoms with Crippen molar-refractivity contribution in [2.24, 2.45) is 11.3 Å². The van der Waals surface area contributed by atoms with E-state index in [1.54, 1.807) is 6.07 Å². The van der Waals surface area contributed by atoms with Gasteiger partial charge in [-0.25, -0.2) is 4.39 Å². The summed E-state index contributed by atoms with van der Waals surface area (Å²) in [4.78, 5) is 39.6. The molecule has 0 unspecified atom stereocenters. The van der Waals surface area contributed by atoms with E-state index in [9.17, 15) is 27.6 Å². The molecular formula is C28H35F4N5O3. The first-order valence-electron chi connectivity index (χ1n) is 13.6. The largest absolute Gasteiger partial charge is 0.406 e. The van der Waals surface area contributed by atoms with Crippen LogP contribution in [0.25, 0.3) is 0 Å². The minimum atomic E-state index is -4.55. The molecule has 40 heavy (non-hydrogen) atoms. The summed E-state index contributed by atoms with van der Waals surface area (Å²) in [6.07, 6.45) is 2.80. The van der Waals surface area contributed by atoms with Crippen LogP contribution in [0.2, 0.25) is 0 Å². The molecule has 218 valence electrons. The molecule has 2 aromatic rings. The standard InChI is InChI=1S/C28H35F4N5O3/c1-4-37-22(9-14-33-37)24(38)35-23(18-7-10-27(11-8-18)12-13-27)25(39)34-21-6-5-19(15-20(21)29)17(2)26(40)36(3)16-28(30,31)32/h5-6,9,14-15,17-18,23H,4,7-8,10-13,16H2,1-3H3,(H,34,39)(H,35,38)/t17-,23-/m0/s1. The van der Waals surface area contributed by atoms with Crippen molar-refractivity contribution in [3.63, 3.8) is 0 Å². The van der Waals surface area contributed by atoms with Gasteiger partial charge in [0.15, 0.2) is 0 Å². The normalized spacial score (nSPS) is 18.2. The van der Waals surface area contributed by atoms with Gasteiger partial charge < -0.3 is 15.5 Å². The van der Waals surface area contributed by atoms with E-state index in [2.05, 4.69) is 15.7 Å². The average molecular weight is 566 g/mol. The van der Waals surface area contributed by atoms with Crippen LogP contribution in [0.5, 0.6) is 0 Å². The van der Waals surface area contributed by atoms with Crippen LogP contribution in [0.1, 0.15) is 74.3 Å². The first-order chi connectivity index (χ1) is 18.8. The van der Waals surface area contributed by atoms with E-state index in [0.29, 0.717) is 22.6 Å². The zero-order chi connectivity index (χ0) is 29.2. The first kappa shape index (κ1) is 29.5. The Hall–Kier alpha value is -3.44. The van der Waals surface area contributed by atoms with Crippen LogP contribution in [-0.4, -0.2) is 58.2 Å². The molecule has 0 saturated heterocycles. The van der Waals surface area contributed by atoms with Crippen LogP contribution in [-0.2, 0) is 16.1 Å². The van der Waals surface area contributed by atoms with Crippen molar-refractivity contribution >= 4 is 23.4 Å². The predicted octanol–water partition coefficient (Wildman–Crippen LogP) is 4.87. The number of rotatable bonds is 9. The number of amides is 3. The van der Waals surface area contributed by atoms with Gasteiger partial charge in [0.2, 0.25) is 11.8 Å². The van der Waals surface area contributed by atoms with Gasteiger partial charge in [0.25, 0.3) is 5.91 Å². The number of aryl methyl sites for hydroxylation is 1. The fraction of sp³-hybridized carbons (Fsp3) is 0.571. The highest BCUT2D eigenvalue weighted by atomic mass is 19.4. The van der Waals surface area contributed by atoms with E-state index < -0.39 is 48.2 Å². The summed E-state index contributed by atoms with van der Waals surface area (Å²) >= 11 is 0. The Morgan fingerprint density at radius 2 is 1.82 bits per heavy atom. The van der Waals surface area contributed by atoms with Crippen LogP contribution in [0.15, 0.2) is 30.5 Å². The smallest absolute Gasteiger partial charge is 0.339 e. The van der Waals surface area contributed by atoms with Crippen molar-refractivity contribution in [2.45, 2.75) is 77.1 Å². The monoisotopic (exact) mass is 565 g/mol. The highest BCUT2D eigenvalue weighted by Crippen LogP contribution is 2.57. The van der Waals surface area contributed by atoms with Gasteiger partial charge in [0, 0.05) is 19.8 Å². The third kappa shape index (κ3) is 6.82. The predicted molar refractivity (Wildman–Crippen MR) is 140 cm³/mol. The Bertz CT molecular complexity index is 1250. The van der Waals surface area contributed by atoms with E-state index in [1.165, 1.54) is 42.8 Å². The quantitative estimate of drug-likeness (QED) is 0.424. The lowest BCUT2D eigenvalue weighted by Gasteiger charge is -2.33. The van der Waals surface area contributed by atoms with E-state index in [4.69, 9.17) is 0 Å². The average Bonchev–Trinajstić information content (AvgIpc) is 3.47. The molecule has 2 N–H and O–H groups in total. The highest BCUT2D eigenvalue weighted by Gasteiger charge is 2.47. The summed E-state index contributed by atoms with van der Waals surface area (Å²) in [5.41, 5.74) is 0.713. The minimum absolute atomic E-state index is 0.127. The Balaban J connectivity index is 1.48. The number of alkyl halides is 3. The third-order valence-electron chi connectivity index (χ3n) is 8.25. The third-order valence-corrected chi connectivity index (χ3v) is 8.25. The Morgan fingerprint density at radius 1 is 1.15 bits per heavy atom. The molecule has 2 saturated carbocycles. The number of carbonyl (C=O) groups excluding carboxylic acids is 3. The van der Waals surface area contributed by atoms with Gasteiger partial charge in [-0.3, -0.25) is 19.1 Å². The summed E-state index contributed by atoms with van der Waals surface area (Å²) < 4.78 is 54.7. The molecule has 4 rings (SSSR count). The molecule has 2 fully saturated rings. The van der Waals surface area contributed by atoms with Crippen LogP contribution < -0.4 is 10.6 Å². The van der Waals surface area contributed by atoms with E-state index in [0.717, 1.165) is 38.8 Å². The molecule has 0 radical (unpaired) electrons. The van der Waals surface area contributed by atoms with Crippen LogP contribution in [0.3, 0.4) is 0 Å². The zero-order valence-corrected chi connectivity index (χ0v) is 22.9. The highest BCUT2D eigenvalue weighted by molar-refractivity contribution is 6.00. The molecule has 0 bridgehead atoms. The van der Waals surface area contributed by atoms with Gasteiger partial charge in [-0.1, -0.05) is 6.07 Å². The second kappa shape index (κ2) is 11.6. The Kier molecular flexibility index (Phi) is 8.55. The molecular weight excluding hydrogens is 530 g/mol. The Labute approximate surface area is 230 Å². The minimum Gasteiger partial charge on any atom is -0.339 e. The number of nitrogens with zero attached hydrogens (tertiary/aromatic N) is 3. The molecule has 1 heterocycles. The van der Waals surface area contributed by atoms with Gasteiger partial charge in [-0.15, -0.1) is 0 Å². The number of halogens is 4. The number of hydrogen-bond acceptors (Lipinski definition) is 4. The summed E-state index contributed by atoms with van der Waals surface area (Å²) in [5.74, 6) is -3.81.